The highest BCUT2D eigenvalue weighted by Crippen LogP contribution is 2.17. The molecule has 0 rings (SSSR count). The number of carbonyl (C=O) groups excluding carboxylic acids is 3. The molecule has 1 unspecified atom stereocenters. The molecule has 0 heterocycles. The fraction of sp³-hybridized carbons (Fsp3) is 0.786. The number of esters is 3. The molecule has 0 saturated heterocycles. The smallest absolute Gasteiger partial charge is 0.306 e. The van der Waals surface area contributed by atoms with E-state index in [1.807, 2.05) is 0 Å². The average molecular weight is 1060 g/mol. The van der Waals surface area contributed by atoms with Crippen LogP contribution in [0.2, 0.25) is 0 Å². The highest BCUT2D eigenvalue weighted by atomic mass is 16.6. The first-order valence-corrected chi connectivity index (χ1v) is 32.9. The molecule has 0 spiro atoms. The van der Waals surface area contributed by atoms with Crippen molar-refractivity contribution in [3.63, 3.8) is 0 Å². The van der Waals surface area contributed by atoms with Crippen molar-refractivity contribution in [1.29, 1.82) is 0 Å². The molecule has 0 aliphatic heterocycles. The van der Waals surface area contributed by atoms with Gasteiger partial charge in [0.2, 0.25) is 0 Å². The Morgan fingerprint density at radius 1 is 0.276 bits per heavy atom. The summed E-state index contributed by atoms with van der Waals surface area (Å²) in [6.07, 6.45) is 83.3. The maximum absolute atomic E-state index is 12.9. The summed E-state index contributed by atoms with van der Waals surface area (Å²) in [5, 5.41) is 0. The Labute approximate surface area is 472 Å². The summed E-state index contributed by atoms with van der Waals surface area (Å²) in [5.41, 5.74) is 0. The Hall–Kier alpha value is -3.15. The second-order valence-electron chi connectivity index (χ2n) is 22.0. The van der Waals surface area contributed by atoms with Gasteiger partial charge in [0, 0.05) is 19.3 Å². The molecule has 0 N–H and O–H groups in total. The van der Waals surface area contributed by atoms with Crippen LogP contribution in [-0.4, -0.2) is 37.2 Å². The first-order chi connectivity index (χ1) is 37.5. The fourth-order valence-electron chi connectivity index (χ4n) is 9.53. The summed E-state index contributed by atoms with van der Waals surface area (Å²) in [6, 6.07) is 0. The molecule has 0 aromatic rings. The second kappa shape index (κ2) is 64.4. The lowest BCUT2D eigenvalue weighted by Crippen LogP contribution is -2.30. The molecular formula is C70H124O6. The van der Waals surface area contributed by atoms with Crippen molar-refractivity contribution < 1.29 is 28.6 Å². The third kappa shape index (κ3) is 61.7. The summed E-state index contributed by atoms with van der Waals surface area (Å²) in [5.74, 6) is -0.867. The van der Waals surface area contributed by atoms with Crippen LogP contribution in [0, 0.1) is 0 Å². The number of unbranched alkanes of at least 4 members (excludes halogenated alkanes) is 37. The van der Waals surface area contributed by atoms with Crippen molar-refractivity contribution in [2.24, 2.45) is 0 Å². The van der Waals surface area contributed by atoms with Crippen LogP contribution in [0.15, 0.2) is 72.9 Å². The third-order valence-electron chi connectivity index (χ3n) is 14.4. The van der Waals surface area contributed by atoms with Gasteiger partial charge in [0.15, 0.2) is 6.10 Å². The van der Waals surface area contributed by atoms with Crippen molar-refractivity contribution in [2.45, 2.75) is 341 Å². The van der Waals surface area contributed by atoms with E-state index in [0.29, 0.717) is 19.3 Å². The molecule has 0 aromatic heterocycles. The molecule has 0 bridgehead atoms. The maximum Gasteiger partial charge on any atom is 0.306 e. The monoisotopic (exact) mass is 1060 g/mol. The quantitative estimate of drug-likeness (QED) is 0.0261. The summed E-state index contributed by atoms with van der Waals surface area (Å²) >= 11 is 0. The summed E-state index contributed by atoms with van der Waals surface area (Å²) in [4.78, 5) is 38.4. The van der Waals surface area contributed by atoms with Crippen molar-refractivity contribution in [3.05, 3.63) is 72.9 Å². The average Bonchev–Trinajstić information content (AvgIpc) is 3.42. The third-order valence-corrected chi connectivity index (χ3v) is 14.4. The van der Waals surface area contributed by atoms with Crippen molar-refractivity contribution >= 4 is 17.9 Å². The second-order valence-corrected chi connectivity index (χ2v) is 22.0. The van der Waals surface area contributed by atoms with Gasteiger partial charge in [-0.25, -0.2) is 0 Å². The lowest BCUT2D eigenvalue weighted by Gasteiger charge is -2.18. The van der Waals surface area contributed by atoms with E-state index >= 15 is 0 Å². The van der Waals surface area contributed by atoms with Gasteiger partial charge in [0.05, 0.1) is 0 Å². The highest BCUT2D eigenvalue weighted by Gasteiger charge is 2.19. The minimum absolute atomic E-state index is 0.0751. The Morgan fingerprint density at radius 3 is 0.816 bits per heavy atom. The van der Waals surface area contributed by atoms with Crippen molar-refractivity contribution in [1.82, 2.24) is 0 Å². The zero-order valence-corrected chi connectivity index (χ0v) is 50.5. The van der Waals surface area contributed by atoms with E-state index in [1.165, 1.54) is 199 Å². The fourth-order valence-corrected chi connectivity index (χ4v) is 9.53. The standard InChI is InChI=1S/C70H124O6/c1-4-7-10-13-16-19-22-25-28-31-32-33-34-35-36-37-38-40-42-45-48-51-54-57-60-63-69(72)75-66-67(65-74-68(71)62-59-56-53-50-47-44-41-30-27-24-21-18-15-12-9-6-3)76-70(73)64-61-58-55-52-49-46-43-39-29-26-23-20-17-14-11-8-5-2/h7,10,16,19,25-26,28-29,32-33,35-36,67H,4-6,8-9,11-15,17-18,20-24,27,30-31,34,37-66H2,1-3H3/b10-7-,19-16-,28-25-,29-26-,33-32-,36-35-. The molecule has 76 heavy (non-hydrogen) atoms. The van der Waals surface area contributed by atoms with E-state index in [4.69, 9.17) is 14.2 Å². The van der Waals surface area contributed by atoms with Crippen LogP contribution in [0.4, 0.5) is 0 Å². The molecular weight excluding hydrogens is 937 g/mol. The Balaban J connectivity index is 4.33. The number of rotatable bonds is 60. The van der Waals surface area contributed by atoms with E-state index in [0.717, 1.165) is 96.3 Å². The van der Waals surface area contributed by atoms with E-state index in [9.17, 15) is 14.4 Å². The molecule has 6 heteroatoms. The minimum Gasteiger partial charge on any atom is -0.462 e. The molecule has 0 aromatic carbocycles. The van der Waals surface area contributed by atoms with Gasteiger partial charge in [-0.05, 0) is 89.9 Å². The van der Waals surface area contributed by atoms with E-state index in [1.54, 1.807) is 0 Å². The van der Waals surface area contributed by atoms with Gasteiger partial charge in [-0.2, -0.15) is 0 Å². The first kappa shape index (κ1) is 72.8. The molecule has 0 saturated carbocycles. The Bertz CT molecular complexity index is 1400. The van der Waals surface area contributed by atoms with Gasteiger partial charge >= 0.3 is 17.9 Å². The molecule has 1 atom stereocenters. The molecule has 0 aliphatic rings. The Kier molecular flexibility index (Phi) is 61.7. The van der Waals surface area contributed by atoms with Gasteiger partial charge in [-0.1, -0.05) is 299 Å². The largest absolute Gasteiger partial charge is 0.462 e. The maximum atomic E-state index is 12.9. The normalized spacial score (nSPS) is 12.5. The molecule has 440 valence electrons. The van der Waals surface area contributed by atoms with Crippen LogP contribution in [-0.2, 0) is 28.6 Å². The lowest BCUT2D eigenvalue weighted by atomic mass is 10.0. The van der Waals surface area contributed by atoms with Crippen molar-refractivity contribution in [3.8, 4) is 0 Å². The lowest BCUT2D eigenvalue weighted by molar-refractivity contribution is -0.167. The van der Waals surface area contributed by atoms with Crippen LogP contribution in [0.3, 0.4) is 0 Å². The van der Waals surface area contributed by atoms with Gasteiger partial charge < -0.3 is 14.2 Å². The zero-order chi connectivity index (χ0) is 55.0. The summed E-state index contributed by atoms with van der Waals surface area (Å²) in [6.45, 7) is 6.56. The zero-order valence-electron chi connectivity index (χ0n) is 50.5. The van der Waals surface area contributed by atoms with Gasteiger partial charge in [-0.15, -0.1) is 0 Å². The van der Waals surface area contributed by atoms with Crippen molar-refractivity contribution in [2.75, 3.05) is 13.2 Å². The predicted octanol–water partition coefficient (Wildman–Crippen LogP) is 22.5. The van der Waals surface area contributed by atoms with Gasteiger partial charge in [0.25, 0.3) is 0 Å². The number of hydrogen-bond donors (Lipinski definition) is 0. The molecule has 0 aliphatic carbocycles. The number of ether oxygens (including phenoxy) is 3. The van der Waals surface area contributed by atoms with Crippen LogP contribution >= 0.6 is 0 Å². The van der Waals surface area contributed by atoms with Crippen LogP contribution < -0.4 is 0 Å². The predicted molar refractivity (Wildman–Crippen MR) is 330 cm³/mol. The highest BCUT2D eigenvalue weighted by molar-refractivity contribution is 5.71. The van der Waals surface area contributed by atoms with E-state index in [2.05, 4.69) is 93.7 Å². The van der Waals surface area contributed by atoms with E-state index in [-0.39, 0.29) is 31.1 Å². The van der Waals surface area contributed by atoms with E-state index < -0.39 is 6.10 Å². The number of carbonyl (C=O) groups is 3. The SMILES string of the molecule is CC/C=C\C/C=C\C/C=C\C/C=C\C/C=C\CCCCCCCCCCCC(=O)OCC(COC(=O)CCCCCCCCCCCCCCCCCC)OC(=O)CCCCCCCCC/C=C\CCCCCCCC. The Morgan fingerprint density at radius 2 is 0.513 bits per heavy atom. The molecule has 0 radical (unpaired) electrons. The minimum atomic E-state index is -0.779. The topological polar surface area (TPSA) is 78.9 Å². The summed E-state index contributed by atoms with van der Waals surface area (Å²) in [7, 11) is 0. The molecule has 6 nitrogen and oxygen atoms in total. The number of allylic oxidation sites excluding steroid dienone is 12. The summed E-state index contributed by atoms with van der Waals surface area (Å²) < 4.78 is 17.0. The first-order valence-electron chi connectivity index (χ1n) is 32.9. The van der Waals surface area contributed by atoms with Crippen LogP contribution in [0.25, 0.3) is 0 Å². The van der Waals surface area contributed by atoms with Crippen LogP contribution in [0.5, 0.6) is 0 Å². The number of hydrogen-bond acceptors (Lipinski definition) is 6. The molecule has 0 fully saturated rings. The van der Waals surface area contributed by atoms with Crippen LogP contribution in [0.1, 0.15) is 335 Å². The molecule has 0 amide bonds. The van der Waals surface area contributed by atoms with Gasteiger partial charge in [0.1, 0.15) is 13.2 Å². The van der Waals surface area contributed by atoms with Gasteiger partial charge in [-0.3, -0.25) is 14.4 Å².